The van der Waals surface area contributed by atoms with Crippen molar-refractivity contribution in [2.75, 3.05) is 47.0 Å². The van der Waals surface area contributed by atoms with Crippen molar-refractivity contribution in [1.82, 2.24) is 9.80 Å². The van der Waals surface area contributed by atoms with E-state index in [0.717, 1.165) is 43.0 Å². The number of methoxy groups -OCH3 is 2. The van der Waals surface area contributed by atoms with E-state index in [1.807, 2.05) is 0 Å². The van der Waals surface area contributed by atoms with Gasteiger partial charge in [-0.25, -0.2) is 0 Å². The Hall–Kier alpha value is -1.14. The van der Waals surface area contributed by atoms with Gasteiger partial charge in [0.2, 0.25) is 0 Å². The summed E-state index contributed by atoms with van der Waals surface area (Å²) in [4.78, 5) is 5.44. The van der Waals surface area contributed by atoms with Gasteiger partial charge in [0.15, 0.2) is 0 Å². The van der Waals surface area contributed by atoms with E-state index in [4.69, 9.17) is 14.2 Å². The van der Waals surface area contributed by atoms with Crippen molar-refractivity contribution < 1.29 is 14.2 Å². The van der Waals surface area contributed by atoms with Crippen LogP contribution in [0.3, 0.4) is 0 Å². The average Bonchev–Trinajstić information content (AvgIpc) is 3.49. The Morgan fingerprint density at radius 3 is 2.48 bits per heavy atom. The average molecular weight is 431 g/mol. The van der Waals surface area contributed by atoms with Crippen molar-refractivity contribution in [3.05, 3.63) is 29.3 Å². The van der Waals surface area contributed by atoms with E-state index < -0.39 is 0 Å². The van der Waals surface area contributed by atoms with Gasteiger partial charge in [0.1, 0.15) is 5.75 Å². The van der Waals surface area contributed by atoms with Gasteiger partial charge in [-0.05, 0) is 75.2 Å². The minimum absolute atomic E-state index is 0.398. The molecule has 3 aliphatic rings. The van der Waals surface area contributed by atoms with Crippen LogP contribution in [0.25, 0.3) is 0 Å². The number of likely N-dealkylation sites (tertiary alicyclic amines) is 1. The third-order valence-corrected chi connectivity index (χ3v) is 7.54. The highest BCUT2D eigenvalue weighted by Gasteiger charge is 2.29. The number of rotatable bonds is 10. The van der Waals surface area contributed by atoms with Crippen LogP contribution in [0, 0.1) is 5.92 Å². The SMILES string of the molecule is COCc1cc(CN(CC2CCN(C3CCCC3)CC2)C[C@H]2CCCO2)ccc1OC. The lowest BCUT2D eigenvalue weighted by Gasteiger charge is -2.38. The van der Waals surface area contributed by atoms with Gasteiger partial charge in [0.05, 0.1) is 19.8 Å². The van der Waals surface area contributed by atoms with Crippen molar-refractivity contribution >= 4 is 0 Å². The standard InChI is InChI=1S/C26H42N2O3/c1-29-20-23-16-22(9-10-26(23)30-2)18-27(19-25-8-5-15-31-25)17-21-11-13-28(14-12-21)24-6-3-4-7-24/h9-10,16,21,24-25H,3-8,11-15,17-20H2,1-2H3/t25-/m1/s1. The van der Waals surface area contributed by atoms with Crippen LogP contribution >= 0.6 is 0 Å². The third kappa shape index (κ3) is 6.44. The first-order chi connectivity index (χ1) is 15.2. The molecule has 31 heavy (non-hydrogen) atoms. The highest BCUT2D eigenvalue weighted by atomic mass is 16.5. The molecule has 2 saturated heterocycles. The molecule has 174 valence electrons. The molecule has 0 radical (unpaired) electrons. The van der Waals surface area contributed by atoms with E-state index in [-0.39, 0.29) is 0 Å². The van der Waals surface area contributed by atoms with Crippen LogP contribution in [0.4, 0.5) is 0 Å². The highest BCUT2D eigenvalue weighted by Crippen LogP contribution is 2.29. The summed E-state index contributed by atoms with van der Waals surface area (Å²) in [6.45, 7) is 7.32. The quantitative estimate of drug-likeness (QED) is 0.547. The second kappa shape index (κ2) is 11.6. The van der Waals surface area contributed by atoms with E-state index in [9.17, 15) is 0 Å². The van der Waals surface area contributed by atoms with E-state index in [1.165, 1.54) is 76.6 Å². The smallest absolute Gasteiger partial charge is 0.124 e. The Morgan fingerprint density at radius 1 is 1.00 bits per heavy atom. The molecule has 2 heterocycles. The molecule has 1 saturated carbocycles. The number of hydrogen-bond donors (Lipinski definition) is 0. The lowest BCUT2D eigenvalue weighted by atomic mass is 9.94. The predicted octanol–water partition coefficient (Wildman–Crippen LogP) is 4.48. The summed E-state index contributed by atoms with van der Waals surface area (Å²) in [5, 5.41) is 0. The summed E-state index contributed by atoms with van der Waals surface area (Å²) in [6.07, 6.45) is 11.2. The summed E-state index contributed by atoms with van der Waals surface area (Å²) in [5.74, 6) is 1.71. The molecule has 1 aromatic carbocycles. The van der Waals surface area contributed by atoms with Gasteiger partial charge in [-0.15, -0.1) is 0 Å². The summed E-state index contributed by atoms with van der Waals surface area (Å²) in [7, 11) is 3.48. The van der Waals surface area contributed by atoms with Gasteiger partial charge in [-0.3, -0.25) is 4.90 Å². The molecule has 5 nitrogen and oxygen atoms in total. The second-order valence-electron chi connectivity index (χ2n) is 9.83. The minimum atomic E-state index is 0.398. The van der Waals surface area contributed by atoms with Crippen molar-refractivity contribution in [1.29, 1.82) is 0 Å². The van der Waals surface area contributed by atoms with Crippen molar-refractivity contribution in [2.45, 2.75) is 76.7 Å². The van der Waals surface area contributed by atoms with Gasteiger partial charge in [0.25, 0.3) is 0 Å². The largest absolute Gasteiger partial charge is 0.496 e. The van der Waals surface area contributed by atoms with Crippen molar-refractivity contribution in [2.24, 2.45) is 5.92 Å². The van der Waals surface area contributed by atoms with E-state index >= 15 is 0 Å². The first-order valence-corrected chi connectivity index (χ1v) is 12.5. The Kier molecular flexibility index (Phi) is 8.65. The number of hydrogen-bond acceptors (Lipinski definition) is 5. The summed E-state index contributed by atoms with van der Waals surface area (Å²) in [5.41, 5.74) is 2.47. The molecule has 0 aromatic heterocycles. The number of nitrogens with zero attached hydrogens (tertiary/aromatic N) is 2. The zero-order valence-corrected chi connectivity index (χ0v) is 19.7. The Morgan fingerprint density at radius 2 is 1.81 bits per heavy atom. The lowest BCUT2D eigenvalue weighted by molar-refractivity contribution is 0.0539. The summed E-state index contributed by atoms with van der Waals surface area (Å²) < 4.78 is 16.9. The molecule has 0 bridgehead atoms. The fourth-order valence-corrected chi connectivity index (χ4v) is 5.87. The number of piperidine rings is 1. The normalized spacial score (nSPS) is 23.8. The third-order valence-electron chi connectivity index (χ3n) is 7.54. The monoisotopic (exact) mass is 430 g/mol. The molecule has 0 amide bonds. The van der Waals surface area contributed by atoms with Crippen LogP contribution in [-0.2, 0) is 22.6 Å². The minimum Gasteiger partial charge on any atom is -0.496 e. The molecule has 4 rings (SSSR count). The van der Waals surface area contributed by atoms with Gasteiger partial charge in [0, 0.05) is 45.0 Å². The fourth-order valence-electron chi connectivity index (χ4n) is 5.87. The van der Waals surface area contributed by atoms with Crippen LogP contribution in [0.15, 0.2) is 18.2 Å². The summed E-state index contributed by atoms with van der Waals surface area (Å²) in [6, 6.07) is 7.44. The fraction of sp³-hybridized carbons (Fsp3) is 0.769. The summed E-state index contributed by atoms with van der Waals surface area (Å²) >= 11 is 0. The molecule has 0 spiro atoms. The molecule has 0 unspecified atom stereocenters. The van der Waals surface area contributed by atoms with Gasteiger partial charge in [-0.1, -0.05) is 18.9 Å². The Balaban J connectivity index is 1.37. The Labute approximate surface area is 189 Å². The first-order valence-electron chi connectivity index (χ1n) is 12.5. The zero-order valence-electron chi connectivity index (χ0n) is 19.7. The molecule has 5 heteroatoms. The van der Waals surface area contributed by atoms with Gasteiger partial charge >= 0.3 is 0 Å². The molecule has 1 atom stereocenters. The van der Waals surface area contributed by atoms with Crippen LogP contribution < -0.4 is 4.74 Å². The molecular weight excluding hydrogens is 388 g/mol. The van der Waals surface area contributed by atoms with E-state index in [2.05, 4.69) is 28.0 Å². The Bertz CT molecular complexity index is 663. The number of benzene rings is 1. The number of ether oxygens (including phenoxy) is 3. The molecule has 3 fully saturated rings. The topological polar surface area (TPSA) is 34.2 Å². The van der Waals surface area contributed by atoms with Crippen molar-refractivity contribution in [3.63, 3.8) is 0 Å². The molecule has 0 N–H and O–H groups in total. The highest BCUT2D eigenvalue weighted by molar-refractivity contribution is 5.37. The maximum Gasteiger partial charge on any atom is 0.124 e. The molecular formula is C26H42N2O3. The van der Waals surface area contributed by atoms with Crippen LogP contribution in [0.1, 0.15) is 62.5 Å². The van der Waals surface area contributed by atoms with Gasteiger partial charge in [-0.2, -0.15) is 0 Å². The maximum absolute atomic E-state index is 6.00. The van der Waals surface area contributed by atoms with Crippen LogP contribution in [0.2, 0.25) is 0 Å². The lowest BCUT2D eigenvalue weighted by Crippen LogP contribution is -2.43. The zero-order chi connectivity index (χ0) is 21.5. The van der Waals surface area contributed by atoms with Crippen LogP contribution in [-0.4, -0.2) is 69.0 Å². The first kappa shape index (κ1) is 23.0. The molecule has 2 aliphatic heterocycles. The van der Waals surface area contributed by atoms with Crippen molar-refractivity contribution in [3.8, 4) is 5.75 Å². The van der Waals surface area contributed by atoms with E-state index in [0.29, 0.717) is 12.7 Å². The van der Waals surface area contributed by atoms with Gasteiger partial charge < -0.3 is 19.1 Å². The second-order valence-corrected chi connectivity index (χ2v) is 9.83. The van der Waals surface area contributed by atoms with E-state index in [1.54, 1.807) is 14.2 Å². The molecule has 1 aromatic rings. The molecule has 1 aliphatic carbocycles. The predicted molar refractivity (Wildman–Crippen MR) is 125 cm³/mol. The van der Waals surface area contributed by atoms with Crippen LogP contribution in [0.5, 0.6) is 5.75 Å². The maximum atomic E-state index is 6.00.